The first-order chi connectivity index (χ1) is 8.80. The molecule has 1 aromatic rings. The first kappa shape index (κ1) is 14.5. The maximum absolute atomic E-state index is 10.6. The quantitative estimate of drug-likeness (QED) is 0.897. The van der Waals surface area contributed by atoms with Crippen LogP contribution in [-0.2, 0) is 0 Å². The van der Waals surface area contributed by atoms with Gasteiger partial charge in [0.15, 0.2) is 0 Å². The maximum Gasteiger partial charge on any atom is 0.0853 e. The van der Waals surface area contributed by atoms with Crippen LogP contribution in [0.15, 0.2) is 30.3 Å². The highest BCUT2D eigenvalue weighted by molar-refractivity contribution is 5.19. The fourth-order valence-electron chi connectivity index (χ4n) is 3.11. The van der Waals surface area contributed by atoms with E-state index in [-0.39, 0.29) is 5.41 Å². The predicted octanol–water partition coefficient (Wildman–Crippen LogP) is 3.48. The van der Waals surface area contributed by atoms with Gasteiger partial charge in [-0.3, -0.25) is 0 Å². The van der Waals surface area contributed by atoms with Crippen LogP contribution < -0.4 is 0 Å². The van der Waals surface area contributed by atoms with E-state index in [1.165, 1.54) is 6.42 Å². The minimum atomic E-state index is -0.405. The van der Waals surface area contributed by atoms with Crippen molar-refractivity contribution in [2.75, 3.05) is 19.6 Å². The van der Waals surface area contributed by atoms with Crippen LogP contribution in [0.5, 0.6) is 0 Å². The largest absolute Gasteiger partial charge is 0.388 e. The van der Waals surface area contributed by atoms with Crippen LogP contribution >= 0.6 is 0 Å². The Morgan fingerprint density at radius 3 is 2.42 bits per heavy atom. The summed E-state index contributed by atoms with van der Waals surface area (Å²) < 4.78 is 0. The molecule has 0 amide bonds. The molecule has 1 heterocycles. The lowest BCUT2D eigenvalue weighted by molar-refractivity contribution is 0.0236. The average Bonchev–Trinajstić information content (AvgIpc) is 2.68. The molecule has 1 aliphatic heterocycles. The van der Waals surface area contributed by atoms with Crippen LogP contribution in [0.3, 0.4) is 0 Å². The van der Waals surface area contributed by atoms with Crippen molar-refractivity contribution in [1.29, 1.82) is 0 Å². The molecule has 2 nitrogen and oxygen atoms in total. The summed E-state index contributed by atoms with van der Waals surface area (Å²) in [5, 5.41) is 10.6. The van der Waals surface area contributed by atoms with Gasteiger partial charge in [0.1, 0.15) is 0 Å². The van der Waals surface area contributed by atoms with Gasteiger partial charge in [0.25, 0.3) is 0 Å². The lowest BCUT2D eigenvalue weighted by Crippen LogP contribution is -2.37. The van der Waals surface area contributed by atoms with E-state index < -0.39 is 6.10 Å². The van der Waals surface area contributed by atoms with Gasteiger partial charge >= 0.3 is 0 Å². The molecule has 0 spiro atoms. The average molecular weight is 261 g/mol. The zero-order valence-corrected chi connectivity index (χ0v) is 12.7. The summed E-state index contributed by atoms with van der Waals surface area (Å²) in [5.41, 5.74) is 1.32. The van der Waals surface area contributed by atoms with Crippen molar-refractivity contribution in [1.82, 2.24) is 4.90 Å². The first-order valence-electron chi connectivity index (χ1n) is 7.26. The Bertz CT molecular complexity index is 411. The molecule has 1 saturated heterocycles. The lowest BCUT2D eigenvalue weighted by Gasteiger charge is -2.35. The summed E-state index contributed by atoms with van der Waals surface area (Å²) in [4.78, 5) is 2.49. The summed E-state index contributed by atoms with van der Waals surface area (Å²) in [6.07, 6.45) is 0.849. The summed E-state index contributed by atoms with van der Waals surface area (Å²) in [7, 11) is 0. The molecule has 2 heteroatoms. The molecule has 0 radical (unpaired) electrons. The molecule has 0 saturated carbocycles. The Kier molecular flexibility index (Phi) is 4.03. The molecule has 19 heavy (non-hydrogen) atoms. The smallest absolute Gasteiger partial charge is 0.0853 e. The molecule has 1 aromatic carbocycles. The van der Waals surface area contributed by atoms with E-state index in [1.54, 1.807) is 0 Å². The fraction of sp³-hybridized carbons (Fsp3) is 0.647. The van der Waals surface area contributed by atoms with Crippen LogP contribution in [0.25, 0.3) is 0 Å². The number of aliphatic hydroxyl groups excluding tert-OH is 1. The van der Waals surface area contributed by atoms with Gasteiger partial charge in [0, 0.05) is 18.5 Å². The molecule has 1 unspecified atom stereocenters. The van der Waals surface area contributed by atoms with Crippen LogP contribution in [-0.4, -0.2) is 29.6 Å². The van der Waals surface area contributed by atoms with E-state index in [1.807, 2.05) is 30.3 Å². The molecule has 1 fully saturated rings. The van der Waals surface area contributed by atoms with Gasteiger partial charge in [-0.1, -0.05) is 58.0 Å². The van der Waals surface area contributed by atoms with Crippen molar-refractivity contribution in [2.24, 2.45) is 10.8 Å². The van der Waals surface area contributed by atoms with Gasteiger partial charge in [0.05, 0.1) is 6.10 Å². The van der Waals surface area contributed by atoms with Gasteiger partial charge in [-0.15, -0.1) is 0 Å². The van der Waals surface area contributed by atoms with Gasteiger partial charge in [0.2, 0.25) is 0 Å². The van der Waals surface area contributed by atoms with Gasteiger partial charge < -0.3 is 10.0 Å². The van der Waals surface area contributed by atoms with Crippen molar-refractivity contribution in [3.8, 4) is 0 Å². The standard InChI is InChI=1S/C17H27NO/c1-16(2)10-11-18(12-16)13-17(3,4)15(19)14-8-6-5-7-9-14/h5-9,15,19H,10-13H2,1-4H3. The first-order valence-corrected chi connectivity index (χ1v) is 7.26. The summed E-state index contributed by atoms with van der Waals surface area (Å²) in [5.74, 6) is 0. The van der Waals surface area contributed by atoms with E-state index in [2.05, 4.69) is 32.6 Å². The Hall–Kier alpha value is -0.860. The Balaban J connectivity index is 2.02. The lowest BCUT2D eigenvalue weighted by atomic mass is 9.82. The van der Waals surface area contributed by atoms with Crippen molar-refractivity contribution in [3.63, 3.8) is 0 Å². The van der Waals surface area contributed by atoms with Crippen molar-refractivity contribution >= 4 is 0 Å². The molecule has 106 valence electrons. The number of benzene rings is 1. The van der Waals surface area contributed by atoms with Gasteiger partial charge in [-0.05, 0) is 23.9 Å². The van der Waals surface area contributed by atoms with E-state index in [9.17, 15) is 5.11 Å². The second-order valence-electron chi connectivity index (χ2n) is 7.43. The highest BCUT2D eigenvalue weighted by Gasteiger charge is 2.36. The molecule has 1 aliphatic rings. The number of hydrogen-bond acceptors (Lipinski definition) is 2. The monoisotopic (exact) mass is 261 g/mol. The molecular weight excluding hydrogens is 234 g/mol. The van der Waals surface area contributed by atoms with Crippen molar-refractivity contribution in [3.05, 3.63) is 35.9 Å². The highest BCUT2D eigenvalue weighted by atomic mass is 16.3. The summed E-state index contributed by atoms with van der Waals surface area (Å²) >= 11 is 0. The summed E-state index contributed by atoms with van der Waals surface area (Å²) in [6.45, 7) is 12.2. The highest BCUT2D eigenvalue weighted by Crippen LogP contribution is 2.37. The van der Waals surface area contributed by atoms with E-state index in [0.717, 1.165) is 25.2 Å². The van der Waals surface area contributed by atoms with Gasteiger partial charge in [-0.2, -0.15) is 0 Å². The molecule has 1 atom stereocenters. The van der Waals surface area contributed by atoms with Crippen LogP contribution in [0.2, 0.25) is 0 Å². The Morgan fingerprint density at radius 1 is 1.26 bits per heavy atom. The zero-order chi connectivity index (χ0) is 14.1. The summed E-state index contributed by atoms with van der Waals surface area (Å²) in [6, 6.07) is 10.0. The second kappa shape index (κ2) is 5.26. The Labute approximate surface area is 117 Å². The second-order valence-corrected chi connectivity index (χ2v) is 7.43. The predicted molar refractivity (Wildman–Crippen MR) is 80.0 cm³/mol. The molecule has 1 N–H and O–H groups in total. The van der Waals surface area contributed by atoms with Crippen LogP contribution in [0, 0.1) is 10.8 Å². The maximum atomic E-state index is 10.6. The van der Waals surface area contributed by atoms with Crippen LogP contribution in [0.4, 0.5) is 0 Å². The molecule has 2 rings (SSSR count). The molecule has 0 aliphatic carbocycles. The van der Waals surface area contributed by atoms with Crippen molar-refractivity contribution < 1.29 is 5.11 Å². The van der Waals surface area contributed by atoms with Crippen molar-refractivity contribution in [2.45, 2.75) is 40.2 Å². The molecule has 0 aromatic heterocycles. The Morgan fingerprint density at radius 2 is 1.89 bits per heavy atom. The van der Waals surface area contributed by atoms with E-state index in [4.69, 9.17) is 0 Å². The zero-order valence-electron chi connectivity index (χ0n) is 12.7. The number of rotatable bonds is 4. The molecule has 0 bridgehead atoms. The third kappa shape index (κ3) is 3.58. The minimum Gasteiger partial charge on any atom is -0.388 e. The molecular formula is C17H27NO. The third-order valence-electron chi connectivity index (χ3n) is 4.24. The van der Waals surface area contributed by atoms with E-state index in [0.29, 0.717) is 5.41 Å². The van der Waals surface area contributed by atoms with Gasteiger partial charge in [-0.25, -0.2) is 0 Å². The minimum absolute atomic E-state index is 0.123. The van der Waals surface area contributed by atoms with E-state index >= 15 is 0 Å². The SMILES string of the molecule is CC1(C)CCN(CC(C)(C)C(O)c2ccccc2)C1. The number of nitrogens with zero attached hydrogens (tertiary/aromatic N) is 1. The van der Waals surface area contributed by atoms with Crippen LogP contribution in [0.1, 0.15) is 45.8 Å². The normalized spacial score (nSPS) is 21.5. The number of likely N-dealkylation sites (tertiary alicyclic amines) is 1. The third-order valence-corrected chi connectivity index (χ3v) is 4.24. The number of hydrogen-bond donors (Lipinski definition) is 1. The fourth-order valence-corrected chi connectivity index (χ4v) is 3.11. The topological polar surface area (TPSA) is 23.5 Å². The number of aliphatic hydroxyl groups is 1.